The summed E-state index contributed by atoms with van der Waals surface area (Å²) in [5.74, 6) is -0.585. The highest BCUT2D eigenvalue weighted by Gasteiger charge is 2.27. The number of esters is 1. The van der Waals surface area contributed by atoms with Crippen LogP contribution in [0.4, 0.5) is 0 Å². The summed E-state index contributed by atoms with van der Waals surface area (Å²) in [6.07, 6.45) is 0.0387. The lowest BCUT2D eigenvalue weighted by Crippen LogP contribution is -2.42. The van der Waals surface area contributed by atoms with Gasteiger partial charge in [-0.25, -0.2) is 4.79 Å². The molecule has 4 rings (SSSR count). The summed E-state index contributed by atoms with van der Waals surface area (Å²) in [6.45, 7) is 2.87. The van der Waals surface area contributed by atoms with Gasteiger partial charge in [-0.05, 0) is 42.0 Å². The fourth-order valence-corrected chi connectivity index (χ4v) is 4.24. The van der Waals surface area contributed by atoms with Crippen LogP contribution in [0.3, 0.4) is 0 Å². The van der Waals surface area contributed by atoms with Crippen LogP contribution < -0.4 is 0 Å². The third-order valence-corrected chi connectivity index (χ3v) is 5.80. The van der Waals surface area contributed by atoms with Crippen molar-refractivity contribution in [2.45, 2.75) is 26.0 Å². The van der Waals surface area contributed by atoms with Gasteiger partial charge in [0, 0.05) is 17.8 Å². The first kappa shape index (κ1) is 16.8. The molecule has 1 amide bonds. The molecule has 2 heterocycles. The lowest BCUT2D eigenvalue weighted by molar-refractivity contribution is -0.140. The maximum Gasteiger partial charge on any atom is 0.349 e. The SMILES string of the molecule is C[C@@H](OC(=O)c1cc2ccccc2s1)C(=O)N1CCc2ccccc2C1. The van der Waals surface area contributed by atoms with Crippen LogP contribution in [0, 0.1) is 0 Å². The molecular weight excluding hydrogens is 346 g/mol. The second kappa shape index (κ2) is 6.92. The summed E-state index contributed by atoms with van der Waals surface area (Å²) in [5, 5.41) is 1.01. The van der Waals surface area contributed by atoms with E-state index in [-0.39, 0.29) is 5.91 Å². The van der Waals surface area contributed by atoms with E-state index in [4.69, 9.17) is 4.74 Å². The fourth-order valence-electron chi connectivity index (χ4n) is 3.29. The van der Waals surface area contributed by atoms with Crippen molar-refractivity contribution in [3.8, 4) is 0 Å². The van der Waals surface area contributed by atoms with Crippen LogP contribution in [0.25, 0.3) is 10.1 Å². The van der Waals surface area contributed by atoms with Gasteiger partial charge in [0.1, 0.15) is 4.88 Å². The van der Waals surface area contributed by atoms with E-state index in [2.05, 4.69) is 6.07 Å². The Morgan fingerprint density at radius 2 is 1.81 bits per heavy atom. The van der Waals surface area contributed by atoms with E-state index in [1.54, 1.807) is 11.8 Å². The van der Waals surface area contributed by atoms with Gasteiger partial charge in [0.2, 0.25) is 0 Å². The minimum Gasteiger partial charge on any atom is -0.448 e. The highest BCUT2D eigenvalue weighted by Crippen LogP contribution is 2.26. The first-order valence-electron chi connectivity index (χ1n) is 8.67. The maximum absolute atomic E-state index is 12.7. The summed E-state index contributed by atoms with van der Waals surface area (Å²) in [7, 11) is 0. The number of hydrogen-bond acceptors (Lipinski definition) is 4. The van der Waals surface area contributed by atoms with Gasteiger partial charge in [0.05, 0.1) is 0 Å². The number of fused-ring (bicyclic) bond motifs is 2. The van der Waals surface area contributed by atoms with Gasteiger partial charge in [-0.2, -0.15) is 0 Å². The third kappa shape index (κ3) is 3.22. The molecule has 0 saturated carbocycles. The van der Waals surface area contributed by atoms with Crippen LogP contribution in [-0.4, -0.2) is 29.4 Å². The molecule has 1 aromatic heterocycles. The van der Waals surface area contributed by atoms with Crippen LogP contribution in [0.2, 0.25) is 0 Å². The molecule has 1 aliphatic heterocycles. The molecule has 0 spiro atoms. The fraction of sp³-hybridized carbons (Fsp3) is 0.238. The molecule has 0 unspecified atom stereocenters. The molecule has 26 heavy (non-hydrogen) atoms. The van der Waals surface area contributed by atoms with Crippen LogP contribution in [0.5, 0.6) is 0 Å². The molecular formula is C21H19NO3S. The Hall–Kier alpha value is -2.66. The molecule has 0 fully saturated rings. The molecule has 132 valence electrons. The lowest BCUT2D eigenvalue weighted by atomic mass is 9.99. The Morgan fingerprint density at radius 1 is 1.08 bits per heavy atom. The van der Waals surface area contributed by atoms with Gasteiger partial charge in [-0.15, -0.1) is 11.3 Å². The van der Waals surface area contributed by atoms with E-state index >= 15 is 0 Å². The summed E-state index contributed by atoms with van der Waals surface area (Å²) >= 11 is 1.39. The number of benzene rings is 2. The van der Waals surface area contributed by atoms with E-state index in [1.807, 2.05) is 48.5 Å². The number of carbonyl (C=O) groups is 2. The standard InChI is InChI=1S/C21H19NO3S/c1-14(20(23)22-11-10-15-6-2-3-8-17(15)13-22)25-21(24)19-12-16-7-4-5-9-18(16)26-19/h2-9,12,14H,10-11,13H2,1H3/t14-/m1/s1. The Labute approximate surface area is 156 Å². The predicted octanol–water partition coefficient (Wildman–Crippen LogP) is 4.03. The van der Waals surface area contributed by atoms with Crippen molar-refractivity contribution in [3.05, 3.63) is 70.6 Å². The molecule has 4 nitrogen and oxygen atoms in total. The molecule has 2 aromatic carbocycles. The number of carbonyl (C=O) groups excluding carboxylic acids is 2. The number of hydrogen-bond donors (Lipinski definition) is 0. The van der Waals surface area contributed by atoms with Gasteiger partial charge in [-0.1, -0.05) is 42.5 Å². The van der Waals surface area contributed by atoms with Gasteiger partial charge in [-0.3, -0.25) is 4.79 Å². The summed E-state index contributed by atoms with van der Waals surface area (Å²) < 4.78 is 6.48. The van der Waals surface area contributed by atoms with E-state index < -0.39 is 12.1 Å². The highest BCUT2D eigenvalue weighted by molar-refractivity contribution is 7.20. The molecule has 0 N–H and O–H groups in total. The largest absolute Gasteiger partial charge is 0.448 e. The number of ether oxygens (including phenoxy) is 1. The normalized spacial score (nSPS) is 14.7. The van der Waals surface area contributed by atoms with Crippen molar-refractivity contribution in [3.63, 3.8) is 0 Å². The highest BCUT2D eigenvalue weighted by atomic mass is 32.1. The average Bonchev–Trinajstić information content (AvgIpc) is 3.11. The molecule has 5 heteroatoms. The van der Waals surface area contributed by atoms with E-state index in [0.717, 1.165) is 22.1 Å². The lowest BCUT2D eigenvalue weighted by Gasteiger charge is -2.30. The summed E-state index contributed by atoms with van der Waals surface area (Å²) in [4.78, 5) is 27.4. The third-order valence-electron chi connectivity index (χ3n) is 4.70. The van der Waals surface area contributed by atoms with Crippen molar-refractivity contribution in [1.29, 1.82) is 0 Å². The van der Waals surface area contributed by atoms with Gasteiger partial charge >= 0.3 is 5.97 Å². The minimum atomic E-state index is -0.794. The number of thiophene rings is 1. The molecule has 1 atom stereocenters. The van der Waals surface area contributed by atoms with E-state index in [1.165, 1.54) is 16.9 Å². The van der Waals surface area contributed by atoms with Crippen molar-refractivity contribution in [2.24, 2.45) is 0 Å². The maximum atomic E-state index is 12.7. The van der Waals surface area contributed by atoms with Crippen molar-refractivity contribution in [1.82, 2.24) is 4.90 Å². The van der Waals surface area contributed by atoms with Gasteiger partial charge < -0.3 is 9.64 Å². The van der Waals surface area contributed by atoms with Crippen LogP contribution in [-0.2, 0) is 22.5 Å². The van der Waals surface area contributed by atoms with E-state index in [9.17, 15) is 9.59 Å². The topological polar surface area (TPSA) is 46.6 Å². The second-order valence-electron chi connectivity index (χ2n) is 6.47. The second-order valence-corrected chi connectivity index (χ2v) is 7.56. The Balaban J connectivity index is 1.43. The molecule has 0 saturated heterocycles. The predicted molar refractivity (Wildman–Crippen MR) is 102 cm³/mol. The smallest absolute Gasteiger partial charge is 0.349 e. The molecule has 0 aliphatic carbocycles. The van der Waals surface area contributed by atoms with E-state index in [0.29, 0.717) is 18.0 Å². The Bertz CT molecular complexity index is 945. The average molecular weight is 365 g/mol. The van der Waals surface area contributed by atoms with Crippen LogP contribution in [0.15, 0.2) is 54.6 Å². The van der Waals surface area contributed by atoms with Crippen molar-refractivity contribution >= 4 is 33.3 Å². The zero-order valence-electron chi connectivity index (χ0n) is 14.5. The van der Waals surface area contributed by atoms with Gasteiger partial charge in [0.25, 0.3) is 5.91 Å². The molecule has 1 aliphatic rings. The number of nitrogens with zero attached hydrogens (tertiary/aromatic N) is 1. The molecule has 0 bridgehead atoms. The first-order valence-corrected chi connectivity index (χ1v) is 9.48. The van der Waals surface area contributed by atoms with Crippen LogP contribution in [0.1, 0.15) is 27.7 Å². The molecule has 3 aromatic rings. The Kier molecular flexibility index (Phi) is 4.47. The van der Waals surface area contributed by atoms with Gasteiger partial charge in [0.15, 0.2) is 6.10 Å². The van der Waals surface area contributed by atoms with Crippen molar-refractivity contribution < 1.29 is 14.3 Å². The monoisotopic (exact) mass is 365 g/mol. The quantitative estimate of drug-likeness (QED) is 0.658. The summed E-state index contributed by atoms with van der Waals surface area (Å²) in [5.41, 5.74) is 2.45. The van der Waals surface area contributed by atoms with Crippen molar-refractivity contribution in [2.75, 3.05) is 6.54 Å². The number of rotatable bonds is 3. The van der Waals surface area contributed by atoms with Crippen LogP contribution >= 0.6 is 11.3 Å². The molecule has 0 radical (unpaired) electrons. The Morgan fingerprint density at radius 3 is 2.62 bits per heavy atom. The first-order chi connectivity index (χ1) is 12.6. The zero-order chi connectivity index (χ0) is 18.1. The summed E-state index contributed by atoms with van der Waals surface area (Å²) in [6, 6.07) is 17.8. The zero-order valence-corrected chi connectivity index (χ0v) is 15.3. The number of amides is 1. The minimum absolute atomic E-state index is 0.144.